The van der Waals surface area contributed by atoms with Gasteiger partial charge in [0.15, 0.2) is 0 Å². The number of thioether (sulfide) groups is 1. The SMILES string of the molecule is O=C(NCn1nnc2ccccc21)C1N(CCCCO)C(=O)[C@@H]2[C@@H](C(=O)NCc3ccccc3)[C@@H]3SC12CC3Br. The molecule has 0 radical (unpaired) electrons. The van der Waals surface area contributed by atoms with Crippen LogP contribution in [-0.4, -0.2) is 76.7 Å². The average molecular weight is 628 g/mol. The smallest absolute Gasteiger partial charge is 0.245 e. The molecule has 2 bridgehead atoms. The van der Waals surface area contributed by atoms with E-state index in [-0.39, 0.29) is 41.1 Å². The van der Waals surface area contributed by atoms with Crippen LogP contribution in [0.15, 0.2) is 54.6 Å². The second-order valence-electron chi connectivity index (χ2n) is 10.6. The number of unbranched alkanes of at least 4 members (excludes halogenated alkanes) is 1. The Kier molecular flexibility index (Phi) is 7.58. The third kappa shape index (κ3) is 4.59. The fourth-order valence-corrected chi connectivity index (χ4v) is 10.2. The van der Waals surface area contributed by atoms with Gasteiger partial charge in [0.2, 0.25) is 17.7 Å². The van der Waals surface area contributed by atoms with E-state index in [2.05, 4.69) is 36.9 Å². The Hall–Kier alpha value is -2.96. The van der Waals surface area contributed by atoms with Gasteiger partial charge in [-0.25, -0.2) is 4.68 Å². The number of rotatable bonds is 10. The Morgan fingerprint density at radius 1 is 1.07 bits per heavy atom. The van der Waals surface area contributed by atoms with Crippen LogP contribution in [0.2, 0.25) is 0 Å². The Labute approximate surface area is 244 Å². The third-order valence-corrected chi connectivity index (χ3v) is 11.5. The Morgan fingerprint density at radius 2 is 1.85 bits per heavy atom. The number of nitrogens with one attached hydrogen (secondary N) is 2. The van der Waals surface area contributed by atoms with Crippen LogP contribution in [0.4, 0.5) is 0 Å². The number of hydrogen-bond donors (Lipinski definition) is 3. The van der Waals surface area contributed by atoms with E-state index in [0.29, 0.717) is 32.4 Å². The molecule has 210 valence electrons. The van der Waals surface area contributed by atoms with Crippen molar-refractivity contribution in [2.75, 3.05) is 13.2 Å². The van der Waals surface area contributed by atoms with Crippen LogP contribution >= 0.6 is 27.7 Å². The lowest BCUT2D eigenvalue weighted by molar-refractivity contribution is -0.140. The fourth-order valence-electron chi connectivity index (χ4n) is 6.55. The number of likely N-dealkylation sites (tertiary alicyclic amines) is 1. The second-order valence-corrected chi connectivity index (χ2v) is 13.3. The van der Waals surface area contributed by atoms with Crippen molar-refractivity contribution in [2.45, 2.75) is 53.3 Å². The molecule has 3 aliphatic heterocycles. The summed E-state index contributed by atoms with van der Waals surface area (Å²) in [4.78, 5) is 43.2. The highest BCUT2D eigenvalue weighted by molar-refractivity contribution is 9.09. The molecule has 0 aliphatic carbocycles. The Bertz CT molecular complexity index is 1420. The number of aromatic nitrogens is 3. The van der Waals surface area contributed by atoms with Gasteiger partial charge < -0.3 is 20.6 Å². The van der Waals surface area contributed by atoms with Crippen LogP contribution in [0.5, 0.6) is 0 Å². The van der Waals surface area contributed by atoms with E-state index in [1.54, 1.807) is 21.3 Å². The zero-order valence-corrected chi connectivity index (χ0v) is 24.2. The van der Waals surface area contributed by atoms with Crippen LogP contribution in [0.3, 0.4) is 0 Å². The molecule has 6 atom stereocenters. The molecule has 3 aromatic rings. The van der Waals surface area contributed by atoms with Gasteiger partial charge in [-0.1, -0.05) is 63.6 Å². The van der Waals surface area contributed by atoms with Gasteiger partial charge in [-0.15, -0.1) is 16.9 Å². The number of para-hydroxylation sites is 1. The minimum absolute atomic E-state index is 0.000904. The van der Waals surface area contributed by atoms with Gasteiger partial charge in [0.25, 0.3) is 0 Å². The first-order valence-electron chi connectivity index (χ1n) is 13.6. The first-order chi connectivity index (χ1) is 19.4. The molecule has 3 aliphatic rings. The number of aliphatic hydroxyl groups is 1. The number of halogens is 1. The summed E-state index contributed by atoms with van der Waals surface area (Å²) < 4.78 is 0.903. The monoisotopic (exact) mass is 626 g/mol. The minimum atomic E-state index is -0.736. The highest BCUT2D eigenvalue weighted by Gasteiger charge is 2.75. The van der Waals surface area contributed by atoms with Gasteiger partial charge in [-0.3, -0.25) is 14.4 Å². The first kappa shape index (κ1) is 27.2. The van der Waals surface area contributed by atoms with Crippen LogP contribution < -0.4 is 10.6 Å². The molecule has 12 heteroatoms. The van der Waals surface area contributed by atoms with Crippen LogP contribution in [0.1, 0.15) is 24.8 Å². The summed E-state index contributed by atoms with van der Waals surface area (Å²) in [6.45, 7) is 0.850. The molecule has 0 saturated carbocycles. The lowest BCUT2D eigenvalue weighted by Crippen LogP contribution is -2.55. The van der Waals surface area contributed by atoms with Gasteiger partial charge in [0.05, 0.1) is 22.1 Å². The van der Waals surface area contributed by atoms with Gasteiger partial charge in [0, 0.05) is 29.8 Å². The van der Waals surface area contributed by atoms with Gasteiger partial charge in [-0.05, 0) is 37.0 Å². The molecule has 3 fully saturated rings. The van der Waals surface area contributed by atoms with Crippen LogP contribution in [0, 0.1) is 11.8 Å². The quantitative estimate of drug-likeness (QED) is 0.232. The predicted molar refractivity (Wildman–Crippen MR) is 154 cm³/mol. The largest absolute Gasteiger partial charge is 0.396 e. The molecular formula is C28H31BrN6O4S. The highest BCUT2D eigenvalue weighted by atomic mass is 79.9. The van der Waals surface area contributed by atoms with Crippen LogP contribution in [-0.2, 0) is 27.6 Å². The van der Waals surface area contributed by atoms with E-state index in [1.807, 2.05) is 54.6 Å². The predicted octanol–water partition coefficient (Wildman–Crippen LogP) is 2.06. The molecule has 3 unspecified atom stereocenters. The van der Waals surface area contributed by atoms with Gasteiger partial charge >= 0.3 is 0 Å². The van der Waals surface area contributed by atoms with E-state index in [4.69, 9.17) is 0 Å². The second kappa shape index (κ2) is 11.1. The number of nitrogens with zero attached hydrogens (tertiary/aromatic N) is 4. The highest BCUT2D eigenvalue weighted by Crippen LogP contribution is 2.67. The van der Waals surface area contributed by atoms with Crippen molar-refractivity contribution in [1.82, 2.24) is 30.5 Å². The lowest BCUT2D eigenvalue weighted by atomic mass is 9.70. The molecule has 2 aromatic carbocycles. The zero-order valence-electron chi connectivity index (χ0n) is 21.8. The van der Waals surface area contributed by atoms with Crippen LogP contribution in [0.25, 0.3) is 11.0 Å². The molecular weight excluding hydrogens is 596 g/mol. The van der Waals surface area contributed by atoms with Crippen molar-refractivity contribution < 1.29 is 19.5 Å². The first-order valence-corrected chi connectivity index (χ1v) is 15.3. The molecule has 1 spiro atoms. The number of aliphatic hydroxyl groups excluding tert-OH is 1. The van der Waals surface area contributed by atoms with E-state index in [1.165, 1.54) is 0 Å². The summed E-state index contributed by atoms with van der Waals surface area (Å²) in [7, 11) is 0. The number of hydrogen-bond acceptors (Lipinski definition) is 7. The van der Waals surface area contributed by atoms with Crippen molar-refractivity contribution >= 4 is 56.4 Å². The molecule has 4 heterocycles. The number of alkyl halides is 1. The molecule has 3 saturated heterocycles. The molecule has 40 heavy (non-hydrogen) atoms. The molecule has 10 nitrogen and oxygen atoms in total. The minimum Gasteiger partial charge on any atom is -0.396 e. The molecule has 3 amide bonds. The number of amides is 3. The van der Waals surface area contributed by atoms with E-state index in [9.17, 15) is 19.5 Å². The lowest BCUT2D eigenvalue weighted by Gasteiger charge is -2.35. The number of fused-ring (bicyclic) bond motifs is 2. The standard InChI is InChI=1S/C28H31BrN6O4S/c29-18-14-28-22(21(23(18)40-28)25(37)30-15-17-8-2-1-3-9-17)27(39)34(12-6-7-13-36)24(28)26(38)31-16-35-20-11-5-4-10-19(20)32-33-35/h1-5,8-11,18,21-24,36H,6-7,12-16H2,(H,30,37)(H,31,38)/t18?,21-,22+,23-,24?,28?/m1/s1. The van der Waals surface area contributed by atoms with Crippen molar-refractivity contribution in [3.8, 4) is 0 Å². The maximum atomic E-state index is 14.0. The van der Waals surface area contributed by atoms with E-state index >= 15 is 0 Å². The number of benzene rings is 2. The van der Waals surface area contributed by atoms with Crippen molar-refractivity contribution in [3.05, 3.63) is 60.2 Å². The Balaban J connectivity index is 1.26. The van der Waals surface area contributed by atoms with Gasteiger partial charge in [-0.2, -0.15) is 0 Å². The summed E-state index contributed by atoms with van der Waals surface area (Å²) in [6, 6.07) is 16.5. The van der Waals surface area contributed by atoms with E-state index < -0.39 is 22.6 Å². The van der Waals surface area contributed by atoms with Crippen molar-refractivity contribution in [2.24, 2.45) is 11.8 Å². The van der Waals surface area contributed by atoms with E-state index in [0.717, 1.165) is 16.6 Å². The molecule has 1 aromatic heterocycles. The summed E-state index contributed by atoms with van der Waals surface area (Å²) in [5, 5.41) is 23.6. The van der Waals surface area contributed by atoms with Crippen molar-refractivity contribution in [3.63, 3.8) is 0 Å². The maximum Gasteiger partial charge on any atom is 0.245 e. The average Bonchev–Trinajstić information content (AvgIpc) is 3.68. The maximum absolute atomic E-state index is 14.0. The summed E-state index contributed by atoms with van der Waals surface area (Å²) in [6.07, 6.45) is 1.71. The number of carbonyl (C=O) groups excluding carboxylic acids is 3. The van der Waals surface area contributed by atoms with Crippen molar-refractivity contribution in [1.29, 1.82) is 0 Å². The summed E-state index contributed by atoms with van der Waals surface area (Å²) in [5.41, 5.74) is 2.51. The molecule has 6 rings (SSSR count). The topological polar surface area (TPSA) is 129 Å². The zero-order chi connectivity index (χ0) is 27.9. The normalized spacial score (nSPS) is 28.7. The summed E-state index contributed by atoms with van der Waals surface area (Å²) in [5.74, 6) is -1.71. The van der Waals surface area contributed by atoms with Gasteiger partial charge in [0.1, 0.15) is 18.2 Å². The fraction of sp³-hybridized carbons (Fsp3) is 0.464. The Morgan fingerprint density at radius 3 is 2.65 bits per heavy atom. The summed E-state index contributed by atoms with van der Waals surface area (Å²) >= 11 is 5.40. The third-order valence-electron chi connectivity index (χ3n) is 8.28. The number of carbonyl (C=O) groups is 3. The molecule has 3 N–H and O–H groups in total.